The Hall–Kier alpha value is -0.100. The van der Waals surface area contributed by atoms with Gasteiger partial charge in [0.25, 0.3) is 0 Å². The third-order valence-corrected chi connectivity index (χ3v) is 7.56. The van der Waals surface area contributed by atoms with Gasteiger partial charge in [-0.15, -0.1) is 0 Å². The van der Waals surface area contributed by atoms with Crippen LogP contribution in [0.3, 0.4) is 0 Å². The lowest BCUT2D eigenvalue weighted by molar-refractivity contribution is -0.118. The van der Waals surface area contributed by atoms with Crippen LogP contribution in [0.25, 0.3) is 0 Å². The first-order valence-corrected chi connectivity index (χ1v) is 8.78. The SMILES string of the molecule is O=C(Nc1ccc(I)c(Br)c1)C1C2C3CCC(C3)C12. The van der Waals surface area contributed by atoms with Gasteiger partial charge in [-0.2, -0.15) is 0 Å². The molecule has 4 unspecified atom stereocenters. The number of rotatable bonds is 2. The standard InChI is InChI=1S/C15H15BrINO/c16-10-6-9(3-4-11(10)17)18-15(19)14-12-7-1-2-8(5-7)13(12)14/h3-4,6-8,12-14H,1-2,5H2,(H,18,19). The second kappa shape index (κ2) is 4.45. The van der Waals surface area contributed by atoms with Gasteiger partial charge in [-0.3, -0.25) is 4.79 Å². The van der Waals surface area contributed by atoms with Gasteiger partial charge in [-0.05, 0) is 99.7 Å². The van der Waals surface area contributed by atoms with Gasteiger partial charge in [-0.25, -0.2) is 0 Å². The number of amides is 1. The molecule has 1 aromatic carbocycles. The largest absolute Gasteiger partial charge is 0.326 e. The van der Waals surface area contributed by atoms with Gasteiger partial charge in [0.1, 0.15) is 0 Å². The molecular weight excluding hydrogens is 417 g/mol. The number of halogens is 2. The maximum absolute atomic E-state index is 12.4. The minimum atomic E-state index is 0.250. The number of carbonyl (C=O) groups excluding carboxylic acids is 1. The quantitative estimate of drug-likeness (QED) is 0.695. The van der Waals surface area contributed by atoms with Crippen LogP contribution in [0.4, 0.5) is 5.69 Å². The van der Waals surface area contributed by atoms with E-state index in [0.717, 1.165) is 25.6 Å². The summed E-state index contributed by atoms with van der Waals surface area (Å²) in [5, 5.41) is 3.10. The van der Waals surface area contributed by atoms with E-state index in [4.69, 9.17) is 0 Å². The number of benzene rings is 1. The van der Waals surface area contributed by atoms with Crippen LogP contribution in [-0.2, 0) is 4.79 Å². The van der Waals surface area contributed by atoms with Gasteiger partial charge in [-0.1, -0.05) is 0 Å². The van der Waals surface area contributed by atoms with E-state index in [1.807, 2.05) is 18.2 Å². The molecule has 0 aliphatic heterocycles. The Morgan fingerprint density at radius 2 is 1.95 bits per heavy atom. The molecule has 2 nitrogen and oxygen atoms in total. The van der Waals surface area contributed by atoms with Crippen molar-refractivity contribution in [1.29, 1.82) is 0 Å². The Morgan fingerprint density at radius 3 is 2.58 bits per heavy atom. The lowest BCUT2D eigenvalue weighted by atomic mass is 10.0. The molecule has 1 amide bonds. The summed E-state index contributed by atoms with van der Waals surface area (Å²) in [4.78, 5) is 12.4. The molecule has 4 rings (SSSR count). The van der Waals surface area contributed by atoms with E-state index >= 15 is 0 Å². The van der Waals surface area contributed by atoms with Crippen molar-refractivity contribution in [2.24, 2.45) is 29.6 Å². The van der Waals surface area contributed by atoms with Crippen molar-refractivity contribution < 1.29 is 4.79 Å². The maximum Gasteiger partial charge on any atom is 0.228 e. The molecule has 2 bridgehead atoms. The number of hydrogen-bond acceptors (Lipinski definition) is 1. The molecule has 1 aromatic rings. The zero-order valence-corrected chi connectivity index (χ0v) is 14.1. The van der Waals surface area contributed by atoms with Gasteiger partial charge in [0, 0.05) is 19.6 Å². The summed E-state index contributed by atoms with van der Waals surface area (Å²) in [6, 6.07) is 6.00. The molecule has 3 fully saturated rings. The number of anilines is 1. The molecule has 19 heavy (non-hydrogen) atoms. The predicted octanol–water partition coefficient (Wildman–Crippen LogP) is 4.28. The van der Waals surface area contributed by atoms with Gasteiger partial charge >= 0.3 is 0 Å². The summed E-state index contributed by atoms with van der Waals surface area (Å²) in [5.74, 6) is 3.70. The van der Waals surface area contributed by atoms with Crippen LogP contribution in [0, 0.1) is 33.2 Å². The van der Waals surface area contributed by atoms with Crippen molar-refractivity contribution in [2.75, 3.05) is 5.32 Å². The Morgan fingerprint density at radius 1 is 1.26 bits per heavy atom. The van der Waals surface area contributed by atoms with Crippen molar-refractivity contribution in [3.8, 4) is 0 Å². The predicted molar refractivity (Wildman–Crippen MR) is 86.8 cm³/mol. The second-order valence-electron chi connectivity index (χ2n) is 6.13. The topological polar surface area (TPSA) is 29.1 Å². The molecule has 4 heteroatoms. The van der Waals surface area contributed by atoms with Crippen molar-refractivity contribution in [2.45, 2.75) is 19.3 Å². The molecule has 3 saturated carbocycles. The van der Waals surface area contributed by atoms with Crippen molar-refractivity contribution >= 4 is 50.1 Å². The van der Waals surface area contributed by atoms with Crippen LogP contribution in [-0.4, -0.2) is 5.91 Å². The smallest absolute Gasteiger partial charge is 0.228 e. The van der Waals surface area contributed by atoms with E-state index < -0.39 is 0 Å². The molecule has 100 valence electrons. The summed E-state index contributed by atoms with van der Waals surface area (Å²) in [7, 11) is 0. The first-order chi connectivity index (χ1) is 9.15. The Labute approximate surface area is 135 Å². The maximum atomic E-state index is 12.4. The highest BCUT2D eigenvalue weighted by molar-refractivity contribution is 14.1. The Bertz CT molecular complexity index is 545. The summed E-state index contributed by atoms with van der Waals surface area (Å²) < 4.78 is 2.21. The van der Waals surface area contributed by atoms with E-state index in [1.54, 1.807) is 0 Å². The van der Waals surface area contributed by atoms with E-state index in [-0.39, 0.29) is 5.91 Å². The monoisotopic (exact) mass is 431 g/mol. The fourth-order valence-electron chi connectivity index (χ4n) is 4.48. The van der Waals surface area contributed by atoms with Gasteiger partial charge in [0.15, 0.2) is 0 Å². The van der Waals surface area contributed by atoms with Crippen LogP contribution in [0.15, 0.2) is 22.7 Å². The van der Waals surface area contributed by atoms with Crippen molar-refractivity contribution in [3.63, 3.8) is 0 Å². The van der Waals surface area contributed by atoms with Crippen LogP contribution in [0.2, 0.25) is 0 Å². The minimum absolute atomic E-state index is 0.250. The van der Waals surface area contributed by atoms with Gasteiger partial charge < -0.3 is 5.32 Å². The normalized spacial score (nSPS) is 38.1. The van der Waals surface area contributed by atoms with E-state index in [9.17, 15) is 4.79 Å². The lowest BCUT2D eigenvalue weighted by Gasteiger charge is -2.10. The van der Waals surface area contributed by atoms with Crippen molar-refractivity contribution in [3.05, 3.63) is 26.2 Å². The number of fused-ring (bicyclic) bond motifs is 5. The fraction of sp³-hybridized carbons (Fsp3) is 0.533. The number of carbonyl (C=O) groups is 1. The van der Waals surface area contributed by atoms with Crippen LogP contribution < -0.4 is 5.32 Å². The summed E-state index contributed by atoms with van der Waals surface area (Å²) >= 11 is 5.78. The fourth-order valence-corrected chi connectivity index (χ4v) is 5.19. The molecular formula is C15H15BrINO. The highest BCUT2D eigenvalue weighted by Crippen LogP contribution is 2.69. The van der Waals surface area contributed by atoms with E-state index in [1.165, 1.54) is 19.3 Å². The van der Waals surface area contributed by atoms with Crippen LogP contribution in [0.5, 0.6) is 0 Å². The van der Waals surface area contributed by atoms with Crippen molar-refractivity contribution in [1.82, 2.24) is 0 Å². The molecule has 3 aliphatic rings. The zero-order chi connectivity index (χ0) is 13.1. The Balaban J connectivity index is 1.47. The zero-order valence-electron chi connectivity index (χ0n) is 10.4. The molecule has 0 heterocycles. The minimum Gasteiger partial charge on any atom is -0.326 e. The molecule has 0 spiro atoms. The molecule has 3 aliphatic carbocycles. The van der Waals surface area contributed by atoms with E-state index in [2.05, 4.69) is 43.8 Å². The first kappa shape index (κ1) is 12.6. The number of hydrogen-bond donors (Lipinski definition) is 1. The average Bonchev–Trinajstić information content (AvgIpc) is 2.83. The second-order valence-corrected chi connectivity index (χ2v) is 8.15. The molecule has 0 aromatic heterocycles. The van der Waals surface area contributed by atoms with Gasteiger partial charge in [0.05, 0.1) is 0 Å². The summed E-state index contributed by atoms with van der Waals surface area (Å²) in [5.41, 5.74) is 0.912. The average molecular weight is 432 g/mol. The summed E-state index contributed by atoms with van der Waals surface area (Å²) in [6.07, 6.45) is 4.13. The van der Waals surface area contributed by atoms with Gasteiger partial charge in [0.2, 0.25) is 5.91 Å². The number of nitrogens with one attached hydrogen (secondary N) is 1. The molecule has 0 radical (unpaired) electrons. The highest BCUT2D eigenvalue weighted by atomic mass is 127. The third-order valence-electron chi connectivity index (χ3n) is 5.23. The molecule has 1 N–H and O–H groups in total. The third kappa shape index (κ3) is 1.97. The molecule has 0 saturated heterocycles. The van der Waals surface area contributed by atoms with Crippen LogP contribution in [0.1, 0.15) is 19.3 Å². The highest BCUT2D eigenvalue weighted by Gasteiger charge is 2.67. The lowest BCUT2D eigenvalue weighted by Crippen LogP contribution is -2.18. The van der Waals surface area contributed by atoms with Crippen LogP contribution >= 0.6 is 38.5 Å². The summed E-state index contributed by atoms with van der Waals surface area (Å²) in [6.45, 7) is 0. The Kier molecular flexibility index (Phi) is 2.96. The van der Waals surface area contributed by atoms with E-state index in [0.29, 0.717) is 17.8 Å². The first-order valence-electron chi connectivity index (χ1n) is 6.91. The molecule has 4 atom stereocenters.